The highest BCUT2D eigenvalue weighted by Gasteiger charge is 2.23. The van der Waals surface area contributed by atoms with Gasteiger partial charge in [0, 0.05) is 6.61 Å². The average molecular weight is 345 g/mol. The third-order valence-electron chi connectivity index (χ3n) is 3.42. The predicted octanol–water partition coefficient (Wildman–Crippen LogP) is 4.12. The second kappa shape index (κ2) is 13.0. The van der Waals surface area contributed by atoms with Crippen LogP contribution in [0.1, 0.15) is 79.1 Å². The summed E-state index contributed by atoms with van der Waals surface area (Å²) in [6, 6.07) is -1.09. The Kier molecular flexibility index (Phi) is 12.3. The van der Waals surface area contributed by atoms with Gasteiger partial charge in [-0.3, -0.25) is 0 Å². The summed E-state index contributed by atoms with van der Waals surface area (Å²) in [4.78, 5) is 22.7. The molecule has 0 aliphatic carbocycles. The molecule has 0 unspecified atom stereocenters. The molecule has 2 N–H and O–H groups in total. The number of rotatable bonds is 13. The minimum Gasteiger partial charge on any atom is -0.480 e. The van der Waals surface area contributed by atoms with Crippen LogP contribution in [-0.2, 0) is 14.3 Å². The summed E-state index contributed by atoms with van der Waals surface area (Å²) in [5.74, 6) is -1.13. The molecule has 0 aromatic rings. The minimum atomic E-state index is -1.13. The molecule has 0 saturated carbocycles. The zero-order chi connectivity index (χ0) is 18.4. The molecular weight excluding hydrogens is 310 g/mol. The van der Waals surface area contributed by atoms with Crippen molar-refractivity contribution in [3.63, 3.8) is 0 Å². The second-order valence-electron chi connectivity index (χ2n) is 7.09. The molecule has 0 aliphatic rings. The van der Waals surface area contributed by atoms with Crippen LogP contribution in [0.15, 0.2) is 0 Å². The van der Waals surface area contributed by atoms with E-state index in [0.717, 1.165) is 12.8 Å². The monoisotopic (exact) mass is 345 g/mol. The van der Waals surface area contributed by atoms with Gasteiger partial charge in [-0.1, -0.05) is 51.9 Å². The van der Waals surface area contributed by atoms with Crippen LogP contribution in [0.2, 0.25) is 0 Å². The fourth-order valence-corrected chi connectivity index (χ4v) is 2.16. The van der Waals surface area contributed by atoms with Crippen molar-refractivity contribution < 1.29 is 24.2 Å². The van der Waals surface area contributed by atoms with Crippen molar-refractivity contribution in [3.8, 4) is 0 Å². The Morgan fingerprint density at radius 1 is 1.00 bits per heavy atom. The van der Waals surface area contributed by atoms with Crippen molar-refractivity contribution >= 4 is 12.1 Å². The summed E-state index contributed by atoms with van der Waals surface area (Å²) >= 11 is 0. The van der Waals surface area contributed by atoms with Crippen LogP contribution in [0.3, 0.4) is 0 Å². The Morgan fingerprint density at radius 3 is 2.04 bits per heavy atom. The van der Waals surface area contributed by atoms with E-state index in [1.165, 1.54) is 38.5 Å². The van der Waals surface area contributed by atoms with Gasteiger partial charge in [-0.2, -0.15) is 0 Å². The standard InChI is InChI=1S/C18H35NO5/c1-5-6-7-8-9-10-11-12-13-23-14-15(16(20)21)19-17(22)24-18(2,3)4/h15H,5-14H2,1-4H3,(H,19,22)(H,20,21)/t15-/m0/s1. The van der Waals surface area contributed by atoms with Crippen LogP contribution in [0.25, 0.3) is 0 Å². The Labute approximate surface area is 146 Å². The first-order valence-corrected chi connectivity index (χ1v) is 9.06. The lowest BCUT2D eigenvalue weighted by molar-refractivity contribution is -0.141. The third kappa shape index (κ3) is 14.3. The molecule has 0 aromatic heterocycles. The van der Waals surface area contributed by atoms with Gasteiger partial charge < -0.3 is 19.9 Å². The average Bonchev–Trinajstić information content (AvgIpc) is 2.45. The van der Waals surface area contributed by atoms with E-state index in [1.54, 1.807) is 20.8 Å². The number of ether oxygens (including phenoxy) is 2. The molecule has 0 rings (SSSR count). The number of hydrogen-bond acceptors (Lipinski definition) is 4. The largest absolute Gasteiger partial charge is 0.480 e. The summed E-state index contributed by atoms with van der Waals surface area (Å²) in [6.45, 7) is 7.84. The molecule has 1 amide bonds. The number of unbranched alkanes of at least 4 members (excludes halogenated alkanes) is 7. The Bertz CT molecular complexity index is 352. The van der Waals surface area contributed by atoms with E-state index in [0.29, 0.717) is 6.61 Å². The molecule has 0 heterocycles. The summed E-state index contributed by atoms with van der Waals surface area (Å²) in [5.41, 5.74) is -0.662. The molecule has 1 atom stereocenters. The number of nitrogens with one attached hydrogen (secondary N) is 1. The van der Waals surface area contributed by atoms with Crippen LogP contribution in [0, 0.1) is 0 Å². The molecule has 0 bridgehead atoms. The predicted molar refractivity (Wildman–Crippen MR) is 94.2 cm³/mol. The molecule has 24 heavy (non-hydrogen) atoms. The maximum atomic E-state index is 11.6. The van der Waals surface area contributed by atoms with Crippen molar-refractivity contribution in [1.29, 1.82) is 0 Å². The molecule has 0 spiro atoms. The zero-order valence-corrected chi connectivity index (χ0v) is 15.7. The van der Waals surface area contributed by atoms with Crippen molar-refractivity contribution in [1.82, 2.24) is 5.32 Å². The number of carbonyl (C=O) groups is 2. The lowest BCUT2D eigenvalue weighted by atomic mass is 10.1. The smallest absolute Gasteiger partial charge is 0.408 e. The van der Waals surface area contributed by atoms with Crippen LogP contribution >= 0.6 is 0 Å². The van der Waals surface area contributed by atoms with Gasteiger partial charge in [0.1, 0.15) is 5.60 Å². The quantitative estimate of drug-likeness (QED) is 0.490. The molecule has 6 nitrogen and oxygen atoms in total. The van der Waals surface area contributed by atoms with E-state index in [-0.39, 0.29) is 6.61 Å². The Hall–Kier alpha value is -1.30. The molecule has 0 aliphatic heterocycles. The van der Waals surface area contributed by atoms with E-state index < -0.39 is 23.7 Å². The highest BCUT2D eigenvalue weighted by atomic mass is 16.6. The highest BCUT2D eigenvalue weighted by molar-refractivity contribution is 5.80. The minimum absolute atomic E-state index is 0.0505. The first-order chi connectivity index (χ1) is 11.3. The summed E-state index contributed by atoms with van der Waals surface area (Å²) < 4.78 is 10.4. The maximum absolute atomic E-state index is 11.6. The van der Waals surface area contributed by atoms with Gasteiger partial charge in [0.2, 0.25) is 0 Å². The van der Waals surface area contributed by atoms with Crippen LogP contribution in [-0.4, -0.2) is 42.0 Å². The second-order valence-corrected chi connectivity index (χ2v) is 7.09. The van der Waals surface area contributed by atoms with Crippen molar-refractivity contribution in [2.24, 2.45) is 0 Å². The third-order valence-corrected chi connectivity index (χ3v) is 3.42. The van der Waals surface area contributed by atoms with Crippen molar-refractivity contribution in [3.05, 3.63) is 0 Å². The SMILES string of the molecule is CCCCCCCCCCOC[C@H](NC(=O)OC(C)(C)C)C(=O)O. The van der Waals surface area contributed by atoms with Crippen molar-refractivity contribution in [2.75, 3.05) is 13.2 Å². The fraction of sp³-hybridized carbons (Fsp3) is 0.889. The molecular formula is C18H35NO5. The van der Waals surface area contributed by atoms with E-state index in [1.807, 2.05) is 0 Å². The van der Waals surface area contributed by atoms with Crippen LogP contribution in [0.4, 0.5) is 4.79 Å². The van der Waals surface area contributed by atoms with Gasteiger partial charge in [-0.05, 0) is 27.2 Å². The van der Waals surface area contributed by atoms with Gasteiger partial charge >= 0.3 is 12.1 Å². The summed E-state index contributed by atoms with van der Waals surface area (Å²) in [7, 11) is 0. The molecule has 0 saturated heterocycles. The number of alkyl carbamates (subject to hydrolysis) is 1. The van der Waals surface area contributed by atoms with Gasteiger partial charge in [0.05, 0.1) is 6.61 Å². The lowest BCUT2D eigenvalue weighted by Crippen LogP contribution is -2.46. The molecule has 0 radical (unpaired) electrons. The van der Waals surface area contributed by atoms with Crippen molar-refractivity contribution in [2.45, 2.75) is 90.7 Å². The van der Waals surface area contributed by atoms with Crippen LogP contribution in [0.5, 0.6) is 0 Å². The van der Waals surface area contributed by atoms with E-state index in [4.69, 9.17) is 14.6 Å². The number of hydrogen-bond donors (Lipinski definition) is 2. The Morgan fingerprint density at radius 2 is 1.54 bits per heavy atom. The Balaban J connectivity index is 3.76. The van der Waals surface area contributed by atoms with E-state index >= 15 is 0 Å². The number of carboxylic acids is 1. The zero-order valence-electron chi connectivity index (χ0n) is 15.7. The van der Waals surface area contributed by atoms with Gasteiger partial charge in [-0.15, -0.1) is 0 Å². The summed E-state index contributed by atoms with van der Waals surface area (Å²) in [6.07, 6.45) is 8.85. The normalized spacial score (nSPS) is 12.7. The fourth-order valence-electron chi connectivity index (χ4n) is 2.16. The molecule has 0 aromatic carbocycles. The molecule has 0 fully saturated rings. The van der Waals surface area contributed by atoms with E-state index in [2.05, 4.69) is 12.2 Å². The van der Waals surface area contributed by atoms with Gasteiger partial charge in [0.15, 0.2) is 6.04 Å². The lowest BCUT2D eigenvalue weighted by Gasteiger charge is -2.22. The molecule has 142 valence electrons. The van der Waals surface area contributed by atoms with Crippen LogP contribution < -0.4 is 5.32 Å². The van der Waals surface area contributed by atoms with Gasteiger partial charge in [0.25, 0.3) is 0 Å². The topological polar surface area (TPSA) is 84.9 Å². The first kappa shape index (κ1) is 22.7. The first-order valence-electron chi connectivity index (χ1n) is 9.06. The van der Waals surface area contributed by atoms with Gasteiger partial charge in [-0.25, -0.2) is 9.59 Å². The number of amides is 1. The number of carbonyl (C=O) groups excluding carboxylic acids is 1. The molecule has 6 heteroatoms. The number of carboxylic acid groups (broad SMARTS) is 1. The maximum Gasteiger partial charge on any atom is 0.408 e. The highest BCUT2D eigenvalue weighted by Crippen LogP contribution is 2.09. The van der Waals surface area contributed by atoms with E-state index in [9.17, 15) is 9.59 Å². The number of aliphatic carboxylic acids is 1. The summed E-state index contributed by atoms with van der Waals surface area (Å²) in [5, 5.41) is 11.4.